The Bertz CT molecular complexity index is 374. The number of carbonyl (C=O) groups is 1. The third-order valence-corrected chi connectivity index (χ3v) is 2.77. The monoisotopic (exact) mass is 210 g/mol. The molecule has 0 aliphatic heterocycles. The largest absolute Gasteiger partial charge is 0.384 e. The van der Waals surface area contributed by atoms with Crippen molar-refractivity contribution in [3.8, 4) is 0 Å². The van der Waals surface area contributed by atoms with Crippen LogP contribution in [0.1, 0.15) is 15.9 Å². The lowest BCUT2D eigenvalue weighted by atomic mass is 10.1. The molecule has 0 N–H and O–H groups in total. The Kier molecular flexibility index (Phi) is 2.57. The molecule has 2 nitrogen and oxygen atoms in total. The summed E-state index contributed by atoms with van der Waals surface area (Å²) >= 11 is 5.85. The van der Waals surface area contributed by atoms with Gasteiger partial charge in [0, 0.05) is 23.6 Å². The molecule has 14 heavy (non-hydrogen) atoms. The first kappa shape index (κ1) is 9.69. The Morgan fingerprint density at radius 2 is 2.36 bits per heavy atom. The highest BCUT2D eigenvalue weighted by molar-refractivity contribution is 6.30. The fourth-order valence-electron chi connectivity index (χ4n) is 1.89. The van der Waals surface area contributed by atoms with Crippen LogP contribution in [0.5, 0.6) is 0 Å². The molecule has 74 valence electrons. The maximum absolute atomic E-state index is 11.8. The summed E-state index contributed by atoms with van der Waals surface area (Å²) in [5.41, 5.74) is 1.85. The number of carbonyl (C=O) groups excluding carboxylic acids is 1. The van der Waals surface area contributed by atoms with Gasteiger partial charge >= 0.3 is 0 Å². The van der Waals surface area contributed by atoms with Gasteiger partial charge < -0.3 is 4.74 Å². The molecule has 2 rings (SSSR count). The number of methoxy groups -OCH3 is 1. The highest BCUT2D eigenvalue weighted by atomic mass is 35.5. The molecule has 0 heterocycles. The van der Waals surface area contributed by atoms with Crippen LogP contribution < -0.4 is 0 Å². The summed E-state index contributed by atoms with van der Waals surface area (Å²) in [6.45, 7) is 0.491. The van der Waals surface area contributed by atoms with E-state index in [9.17, 15) is 4.79 Å². The van der Waals surface area contributed by atoms with Crippen molar-refractivity contribution in [1.82, 2.24) is 0 Å². The molecule has 1 unspecified atom stereocenters. The van der Waals surface area contributed by atoms with E-state index in [0.29, 0.717) is 11.6 Å². The lowest BCUT2D eigenvalue weighted by Gasteiger charge is -2.04. The number of rotatable bonds is 2. The number of hydrogen-bond acceptors (Lipinski definition) is 2. The standard InChI is InChI=1S/C11H11ClO2/c1-14-6-8-4-7-5-9(12)2-3-10(7)11(8)13/h2-3,5,8H,4,6H2,1H3. The number of ether oxygens (including phenoxy) is 1. The zero-order chi connectivity index (χ0) is 10.1. The predicted molar refractivity (Wildman–Crippen MR) is 54.9 cm³/mol. The minimum absolute atomic E-state index is 0.0199. The molecular weight excluding hydrogens is 200 g/mol. The van der Waals surface area contributed by atoms with Gasteiger partial charge in [-0.25, -0.2) is 0 Å². The van der Waals surface area contributed by atoms with Crippen molar-refractivity contribution < 1.29 is 9.53 Å². The van der Waals surface area contributed by atoms with Crippen LogP contribution in [-0.4, -0.2) is 19.5 Å². The Morgan fingerprint density at radius 3 is 3.07 bits per heavy atom. The van der Waals surface area contributed by atoms with Crippen molar-refractivity contribution in [2.45, 2.75) is 6.42 Å². The van der Waals surface area contributed by atoms with E-state index in [0.717, 1.165) is 17.5 Å². The second kappa shape index (κ2) is 3.71. The van der Waals surface area contributed by atoms with Gasteiger partial charge in [-0.2, -0.15) is 0 Å². The van der Waals surface area contributed by atoms with Crippen molar-refractivity contribution in [2.24, 2.45) is 5.92 Å². The summed E-state index contributed by atoms with van der Waals surface area (Å²) < 4.78 is 5.00. The van der Waals surface area contributed by atoms with Gasteiger partial charge in [0.05, 0.1) is 6.61 Å². The molecule has 0 saturated carbocycles. The molecule has 1 aliphatic rings. The Hall–Kier alpha value is -0.860. The molecule has 3 heteroatoms. The van der Waals surface area contributed by atoms with Gasteiger partial charge in [0.15, 0.2) is 5.78 Å². The highest BCUT2D eigenvalue weighted by Gasteiger charge is 2.30. The van der Waals surface area contributed by atoms with Crippen molar-refractivity contribution in [2.75, 3.05) is 13.7 Å². The first-order chi connectivity index (χ1) is 6.72. The maximum atomic E-state index is 11.8. The van der Waals surface area contributed by atoms with E-state index in [2.05, 4.69) is 0 Å². The molecule has 0 radical (unpaired) electrons. The van der Waals surface area contributed by atoms with Gasteiger partial charge in [0.25, 0.3) is 0 Å². The molecular formula is C11H11ClO2. The summed E-state index contributed by atoms with van der Waals surface area (Å²) in [5.74, 6) is 0.159. The molecule has 1 atom stereocenters. The average molecular weight is 211 g/mol. The van der Waals surface area contributed by atoms with Gasteiger partial charge in [0.2, 0.25) is 0 Å². The second-order valence-electron chi connectivity index (χ2n) is 3.52. The van der Waals surface area contributed by atoms with Gasteiger partial charge in [-0.15, -0.1) is 0 Å². The topological polar surface area (TPSA) is 26.3 Å². The first-order valence-corrected chi connectivity index (χ1v) is 4.91. The molecule has 0 aromatic heterocycles. The predicted octanol–water partition coefficient (Wildman–Crippen LogP) is 2.34. The Balaban J connectivity index is 2.31. The van der Waals surface area contributed by atoms with Gasteiger partial charge in [-0.05, 0) is 30.2 Å². The smallest absolute Gasteiger partial charge is 0.168 e. The second-order valence-corrected chi connectivity index (χ2v) is 3.96. The van der Waals surface area contributed by atoms with Crippen LogP contribution in [-0.2, 0) is 11.2 Å². The van der Waals surface area contributed by atoms with E-state index < -0.39 is 0 Å². The summed E-state index contributed by atoms with van der Waals surface area (Å²) in [6.07, 6.45) is 0.753. The number of halogens is 1. The van der Waals surface area contributed by atoms with Gasteiger partial charge in [-0.1, -0.05) is 11.6 Å². The number of hydrogen-bond donors (Lipinski definition) is 0. The van der Waals surface area contributed by atoms with Crippen LogP contribution in [0.2, 0.25) is 5.02 Å². The average Bonchev–Trinajstić information content (AvgIpc) is 2.44. The molecule has 1 aliphatic carbocycles. The van der Waals surface area contributed by atoms with E-state index in [4.69, 9.17) is 16.3 Å². The normalized spacial score (nSPS) is 19.9. The van der Waals surface area contributed by atoms with Gasteiger partial charge in [-0.3, -0.25) is 4.79 Å². The lowest BCUT2D eigenvalue weighted by Crippen LogP contribution is -2.14. The fourth-order valence-corrected chi connectivity index (χ4v) is 2.08. The van der Waals surface area contributed by atoms with Crippen molar-refractivity contribution in [3.63, 3.8) is 0 Å². The Morgan fingerprint density at radius 1 is 1.57 bits per heavy atom. The SMILES string of the molecule is COCC1Cc2cc(Cl)ccc2C1=O. The van der Waals surface area contributed by atoms with Crippen LogP contribution in [0.15, 0.2) is 18.2 Å². The van der Waals surface area contributed by atoms with Crippen LogP contribution >= 0.6 is 11.6 Å². The fraction of sp³-hybridized carbons (Fsp3) is 0.364. The van der Waals surface area contributed by atoms with Gasteiger partial charge in [0.1, 0.15) is 0 Å². The van der Waals surface area contributed by atoms with Crippen LogP contribution in [0, 0.1) is 5.92 Å². The van der Waals surface area contributed by atoms with Crippen molar-refractivity contribution in [1.29, 1.82) is 0 Å². The summed E-state index contributed by atoms with van der Waals surface area (Å²) in [5, 5.41) is 0.689. The first-order valence-electron chi connectivity index (χ1n) is 4.54. The van der Waals surface area contributed by atoms with Crippen molar-refractivity contribution >= 4 is 17.4 Å². The number of Topliss-reactive ketones (excluding diaryl/α,β-unsaturated/α-hetero) is 1. The summed E-state index contributed by atoms with van der Waals surface area (Å²) in [6, 6.07) is 5.42. The minimum Gasteiger partial charge on any atom is -0.384 e. The minimum atomic E-state index is -0.0199. The van der Waals surface area contributed by atoms with Crippen molar-refractivity contribution in [3.05, 3.63) is 34.3 Å². The zero-order valence-corrected chi connectivity index (χ0v) is 8.67. The molecule has 0 fully saturated rings. The van der Waals surface area contributed by atoms with Crippen LogP contribution in [0.25, 0.3) is 0 Å². The third-order valence-electron chi connectivity index (χ3n) is 2.54. The van der Waals surface area contributed by atoms with Crippen LogP contribution in [0.4, 0.5) is 0 Å². The molecule has 0 spiro atoms. The maximum Gasteiger partial charge on any atom is 0.168 e. The third kappa shape index (κ3) is 1.56. The van der Waals surface area contributed by atoms with E-state index in [1.807, 2.05) is 6.07 Å². The molecule has 1 aromatic rings. The number of benzene rings is 1. The highest BCUT2D eigenvalue weighted by Crippen LogP contribution is 2.29. The van der Waals surface area contributed by atoms with Crippen LogP contribution in [0.3, 0.4) is 0 Å². The zero-order valence-electron chi connectivity index (χ0n) is 7.92. The summed E-state index contributed by atoms with van der Waals surface area (Å²) in [7, 11) is 1.61. The molecule has 1 aromatic carbocycles. The number of ketones is 1. The Labute approximate surface area is 87.8 Å². The van der Waals surface area contributed by atoms with E-state index >= 15 is 0 Å². The molecule has 0 bridgehead atoms. The quantitative estimate of drug-likeness (QED) is 0.749. The number of fused-ring (bicyclic) bond motifs is 1. The lowest BCUT2D eigenvalue weighted by molar-refractivity contribution is 0.0833. The summed E-state index contributed by atoms with van der Waals surface area (Å²) in [4.78, 5) is 11.8. The van der Waals surface area contributed by atoms with E-state index in [-0.39, 0.29) is 11.7 Å². The molecule has 0 amide bonds. The van der Waals surface area contributed by atoms with E-state index in [1.54, 1.807) is 19.2 Å². The van der Waals surface area contributed by atoms with E-state index in [1.165, 1.54) is 0 Å². The molecule has 0 saturated heterocycles.